The number of halogens is 2. The quantitative estimate of drug-likeness (QED) is 0.753. The fourth-order valence-electron chi connectivity index (χ4n) is 1.67. The van der Waals surface area contributed by atoms with Crippen LogP contribution in [-0.2, 0) is 0 Å². The molecule has 0 saturated heterocycles. The first kappa shape index (κ1) is 13.6. The van der Waals surface area contributed by atoms with E-state index in [-0.39, 0.29) is 5.78 Å². The second kappa shape index (κ2) is 5.43. The minimum Gasteiger partial charge on any atom is -0.496 e. The number of hydrogen-bond donors (Lipinski definition) is 0. The zero-order valence-corrected chi connectivity index (χ0v) is 12.9. The van der Waals surface area contributed by atoms with Crippen LogP contribution >= 0.6 is 38.9 Å². The molecule has 0 N–H and O–H groups in total. The smallest absolute Gasteiger partial charge is 0.197 e. The predicted octanol–water partition coefficient (Wildman–Crippen LogP) is 4.71. The molecule has 0 aliphatic carbocycles. The van der Waals surface area contributed by atoms with Gasteiger partial charge in [-0.3, -0.25) is 4.79 Å². The molecule has 2 rings (SSSR count). The van der Waals surface area contributed by atoms with Gasteiger partial charge >= 0.3 is 0 Å². The molecule has 1 heterocycles. The van der Waals surface area contributed by atoms with Gasteiger partial charge in [-0.1, -0.05) is 11.6 Å². The minimum absolute atomic E-state index is 0.0752. The van der Waals surface area contributed by atoms with E-state index in [9.17, 15) is 4.79 Å². The van der Waals surface area contributed by atoms with Crippen molar-refractivity contribution >= 4 is 44.7 Å². The molecule has 2 aromatic rings. The molecule has 0 aliphatic rings. The van der Waals surface area contributed by atoms with E-state index in [1.54, 1.807) is 18.2 Å². The van der Waals surface area contributed by atoms with Crippen LogP contribution in [0, 0.1) is 6.92 Å². The highest BCUT2D eigenvalue weighted by atomic mass is 79.9. The summed E-state index contributed by atoms with van der Waals surface area (Å²) in [5.74, 6) is 0.458. The van der Waals surface area contributed by atoms with Gasteiger partial charge in [0.05, 0.1) is 16.5 Å². The number of carbonyl (C=O) groups is 1. The molecule has 0 aliphatic heterocycles. The lowest BCUT2D eigenvalue weighted by atomic mass is 10.0. The normalized spacial score (nSPS) is 10.4. The van der Waals surface area contributed by atoms with Crippen LogP contribution in [0.15, 0.2) is 28.1 Å². The fourth-order valence-corrected chi connectivity index (χ4v) is 3.53. The van der Waals surface area contributed by atoms with Crippen molar-refractivity contribution in [2.24, 2.45) is 0 Å². The zero-order valence-electron chi connectivity index (χ0n) is 9.79. The van der Waals surface area contributed by atoms with Crippen molar-refractivity contribution in [3.8, 4) is 5.75 Å². The number of rotatable bonds is 3. The zero-order chi connectivity index (χ0) is 13.3. The Bertz CT molecular complexity index is 607. The van der Waals surface area contributed by atoms with Crippen molar-refractivity contribution < 1.29 is 9.53 Å². The van der Waals surface area contributed by atoms with Gasteiger partial charge in [0.1, 0.15) is 5.75 Å². The third kappa shape index (κ3) is 2.60. The Balaban J connectivity index is 2.51. The van der Waals surface area contributed by atoms with E-state index in [1.807, 2.05) is 13.0 Å². The fraction of sp³-hybridized carbons (Fsp3) is 0.154. The van der Waals surface area contributed by atoms with Gasteiger partial charge in [0.2, 0.25) is 0 Å². The Labute approximate surface area is 123 Å². The molecule has 0 bridgehead atoms. The van der Waals surface area contributed by atoms with E-state index in [1.165, 1.54) is 18.4 Å². The van der Waals surface area contributed by atoms with E-state index in [4.69, 9.17) is 16.3 Å². The van der Waals surface area contributed by atoms with Crippen LogP contribution in [0.2, 0.25) is 5.02 Å². The monoisotopic (exact) mass is 344 g/mol. The lowest BCUT2D eigenvalue weighted by Crippen LogP contribution is -2.04. The van der Waals surface area contributed by atoms with Crippen LogP contribution in [-0.4, -0.2) is 12.9 Å². The molecule has 0 atom stereocenters. The summed E-state index contributed by atoms with van der Waals surface area (Å²) in [6, 6.07) is 6.86. The molecule has 0 radical (unpaired) electrons. The third-order valence-corrected chi connectivity index (χ3v) is 4.33. The van der Waals surface area contributed by atoms with Crippen molar-refractivity contribution in [1.29, 1.82) is 0 Å². The van der Waals surface area contributed by atoms with Crippen molar-refractivity contribution in [3.63, 3.8) is 0 Å². The molecular weight excluding hydrogens is 336 g/mol. The number of methoxy groups -OCH3 is 1. The lowest BCUT2D eigenvalue weighted by molar-refractivity contribution is 0.103. The first-order valence-electron chi connectivity index (χ1n) is 5.17. The maximum absolute atomic E-state index is 12.5. The molecule has 94 valence electrons. The number of ketones is 1. The molecule has 0 saturated carbocycles. The van der Waals surface area contributed by atoms with Crippen molar-refractivity contribution in [1.82, 2.24) is 0 Å². The highest BCUT2D eigenvalue weighted by Crippen LogP contribution is 2.31. The van der Waals surface area contributed by atoms with Gasteiger partial charge in [0.25, 0.3) is 0 Å². The maximum atomic E-state index is 12.5. The van der Waals surface area contributed by atoms with E-state index < -0.39 is 0 Å². The summed E-state index contributed by atoms with van der Waals surface area (Å²) in [4.78, 5) is 13.4. The first-order chi connectivity index (χ1) is 8.52. The minimum atomic E-state index is -0.0752. The van der Waals surface area contributed by atoms with E-state index in [0.717, 1.165) is 8.66 Å². The Hall–Kier alpha value is -0.840. The number of thiophene rings is 1. The molecule has 0 spiro atoms. The second-order valence-corrected chi connectivity index (χ2v) is 6.77. The highest BCUT2D eigenvalue weighted by molar-refractivity contribution is 9.11. The van der Waals surface area contributed by atoms with Crippen molar-refractivity contribution in [2.75, 3.05) is 7.11 Å². The predicted molar refractivity (Wildman–Crippen MR) is 78.2 cm³/mol. The Kier molecular flexibility index (Phi) is 4.10. The van der Waals surface area contributed by atoms with Gasteiger partial charge in [-0.2, -0.15) is 0 Å². The third-order valence-electron chi connectivity index (χ3n) is 2.54. The standard InChI is InChI=1S/C13H10BrClO2S/c1-7-9(6-12(14)18-7)13(16)10-5-8(15)3-4-11(10)17-2/h3-6H,1-2H3. The van der Waals surface area contributed by atoms with Gasteiger partial charge in [-0.25, -0.2) is 0 Å². The largest absolute Gasteiger partial charge is 0.496 e. The highest BCUT2D eigenvalue weighted by Gasteiger charge is 2.18. The van der Waals surface area contributed by atoms with E-state index in [0.29, 0.717) is 21.9 Å². The average Bonchev–Trinajstić information content (AvgIpc) is 2.67. The molecule has 2 nitrogen and oxygen atoms in total. The molecule has 5 heteroatoms. The maximum Gasteiger partial charge on any atom is 0.197 e. The van der Waals surface area contributed by atoms with Crippen LogP contribution in [0.5, 0.6) is 5.75 Å². The Morgan fingerprint density at radius 1 is 1.33 bits per heavy atom. The Morgan fingerprint density at radius 3 is 2.61 bits per heavy atom. The average molecular weight is 346 g/mol. The number of ether oxygens (including phenoxy) is 1. The summed E-state index contributed by atoms with van der Waals surface area (Å²) >= 11 is 10.9. The summed E-state index contributed by atoms with van der Waals surface area (Å²) in [6.45, 7) is 1.92. The Morgan fingerprint density at radius 2 is 2.06 bits per heavy atom. The van der Waals surface area contributed by atoms with E-state index >= 15 is 0 Å². The molecule has 0 unspecified atom stereocenters. The lowest BCUT2D eigenvalue weighted by Gasteiger charge is -2.07. The van der Waals surface area contributed by atoms with Gasteiger partial charge in [-0.05, 0) is 47.1 Å². The topological polar surface area (TPSA) is 26.3 Å². The SMILES string of the molecule is COc1ccc(Cl)cc1C(=O)c1cc(Br)sc1C. The van der Waals surface area contributed by atoms with Crippen LogP contribution in [0.3, 0.4) is 0 Å². The van der Waals surface area contributed by atoms with Gasteiger partial charge in [0.15, 0.2) is 5.78 Å². The second-order valence-electron chi connectivity index (χ2n) is 3.69. The molecule has 1 aromatic carbocycles. The number of carbonyl (C=O) groups excluding carboxylic acids is 1. The number of aryl methyl sites for hydroxylation is 1. The molecule has 18 heavy (non-hydrogen) atoms. The van der Waals surface area contributed by atoms with Crippen LogP contribution in [0.25, 0.3) is 0 Å². The van der Waals surface area contributed by atoms with Crippen LogP contribution < -0.4 is 4.74 Å². The van der Waals surface area contributed by atoms with Crippen LogP contribution in [0.4, 0.5) is 0 Å². The van der Waals surface area contributed by atoms with E-state index in [2.05, 4.69) is 15.9 Å². The van der Waals surface area contributed by atoms with Crippen molar-refractivity contribution in [3.05, 3.63) is 49.1 Å². The number of benzene rings is 1. The summed E-state index contributed by atoms with van der Waals surface area (Å²) in [6.07, 6.45) is 0. The van der Waals surface area contributed by atoms with Gasteiger partial charge < -0.3 is 4.74 Å². The summed E-state index contributed by atoms with van der Waals surface area (Å²) in [7, 11) is 1.54. The van der Waals surface area contributed by atoms with Crippen molar-refractivity contribution in [2.45, 2.75) is 6.92 Å². The molecular formula is C13H10BrClO2S. The summed E-state index contributed by atoms with van der Waals surface area (Å²) in [5, 5.41) is 0.520. The number of hydrogen-bond acceptors (Lipinski definition) is 3. The van der Waals surface area contributed by atoms with Gasteiger partial charge in [0, 0.05) is 15.5 Å². The molecule has 1 aromatic heterocycles. The summed E-state index contributed by atoms with van der Waals surface area (Å²) < 4.78 is 6.14. The molecule has 0 amide bonds. The first-order valence-corrected chi connectivity index (χ1v) is 7.16. The van der Waals surface area contributed by atoms with Gasteiger partial charge in [-0.15, -0.1) is 11.3 Å². The molecule has 0 fully saturated rings. The summed E-state index contributed by atoms with van der Waals surface area (Å²) in [5.41, 5.74) is 1.16. The van der Waals surface area contributed by atoms with Crippen LogP contribution in [0.1, 0.15) is 20.8 Å².